The molecule has 0 aliphatic heterocycles. The molecule has 1 heterocycles. The van der Waals surface area contributed by atoms with E-state index >= 15 is 0 Å². The molecule has 0 aliphatic carbocycles. The van der Waals surface area contributed by atoms with Crippen LogP contribution < -0.4 is 10.1 Å². The molecule has 6 heteroatoms. The number of nitrogens with one attached hydrogen (secondary N) is 1. The van der Waals surface area contributed by atoms with Crippen LogP contribution in [0.2, 0.25) is 0 Å². The summed E-state index contributed by atoms with van der Waals surface area (Å²) in [7, 11) is 1.73. The molecule has 0 bridgehead atoms. The zero-order chi connectivity index (χ0) is 14.5. The Labute approximate surface area is 117 Å². The van der Waals surface area contributed by atoms with Gasteiger partial charge in [0.1, 0.15) is 0 Å². The largest absolute Gasteiger partial charge is 0.461 e. The zero-order valence-electron chi connectivity index (χ0n) is 11.6. The standard InChI is InChI=1S/C14H15N5O/c1-9(2)20-14-18-12(17-13(16-3)19-14)11-6-4-5-10(7-11)8-15/h4-7,9H,1-3H3,(H,16,17,18,19). The lowest BCUT2D eigenvalue weighted by atomic mass is 10.1. The number of nitrogens with zero attached hydrogens (tertiary/aromatic N) is 4. The van der Waals surface area contributed by atoms with Crippen molar-refractivity contribution in [2.24, 2.45) is 0 Å². The molecule has 6 nitrogen and oxygen atoms in total. The molecule has 2 rings (SSSR count). The van der Waals surface area contributed by atoms with E-state index < -0.39 is 0 Å². The molecule has 0 radical (unpaired) electrons. The van der Waals surface area contributed by atoms with Crippen LogP contribution in [0, 0.1) is 11.3 Å². The van der Waals surface area contributed by atoms with E-state index in [2.05, 4.69) is 26.3 Å². The topological polar surface area (TPSA) is 83.7 Å². The van der Waals surface area contributed by atoms with E-state index in [-0.39, 0.29) is 12.1 Å². The molecular weight excluding hydrogens is 254 g/mol. The Bertz CT molecular complexity index is 648. The lowest BCUT2D eigenvalue weighted by molar-refractivity contribution is 0.222. The Kier molecular flexibility index (Phi) is 4.11. The van der Waals surface area contributed by atoms with E-state index in [1.807, 2.05) is 19.9 Å². The zero-order valence-corrected chi connectivity index (χ0v) is 11.6. The Morgan fingerprint density at radius 3 is 2.70 bits per heavy atom. The molecule has 0 saturated carbocycles. The Balaban J connectivity index is 2.46. The minimum absolute atomic E-state index is 0.0274. The maximum atomic E-state index is 8.94. The fourth-order valence-electron chi connectivity index (χ4n) is 1.59. The van der Waals surface area contributed by atoms with E-state index in [0.717, 1.165) is 5.56 Å². The first-order valence-electron chi connectivity index (χ1n) is 6.23. The summed E-state index contributed by atoms with van der Waals surface area (Å²) < 4.78 is 5.51. The second-order valence-electron chi connectivity index (χ2n) is 4.37. The minimum Gasteiger partial charge on any atom is -0.461 e. The van der Waals surface area contributed by atoms with Gasteiger partial charge in [0.2, 0.25) is 5.95 Å². The van der Waals surface area contributed by atoms with Crippen molar-refractivity contribution in [2.75, 3.05) is 12.4 Å². The number of hydrogen-bond acceptors (Lipinski definition) is 6. The van der Waals surface area contributed by atoms with Gasteiger partial charge in [-0.1, -0.05) is 12.1 Å². The van der Waals surface area contributed by atoms with E-state index in [4.69, 9.17) is 10.00 Å². The highest BCUT2D eigenvalue weighted by atomic mass is 16.5. The maximum Gasteiger partial charge on any atom is 0.322 e. The van der Waals surface area contributed by atoms with Gasteiger partial charge in [0, 0.05) is 12.6 Å². The second-order valence-corrected chi connectivity index (χ2v) is 4.37. The quantitative estimate of drug-likeness (QED) is 0.916. The third-order valence-electron chi connectivity index (χ3n) is 2.43. The van der Waals surface area contributed by atoms with Gasteiger partial charge in [0.15, 0.2) is 5.82 Å². The smallest absolute Gasteiger partial charge is 0.322 e. The van der Waals surface area contributed by atoms with Gasteiger partial charge >= 0.3 is 6.01 Å². The van der Waals surface area contributed by atoms with Crippen molar-refractivity contribution in [3.63, 3.8) is 0 Å². The maximum absolute atomic E-state index is 8.94. The average molecular weight is 269 g/mol. The van der Waals surface area contributed by atoms with E-state index in [1.165, 1.54) is 0 Å². The summed E-state index contributed by atoms with van der Waals surface area (Å²) in [4.78, 5) is 12.7. The Morgan fingerprint density at radius 2 is 2.05 bits per heavy atom. The van der Waals surface area contributed by atoms with Crippen molar-refractivity contribution in [3.05, 3.63) is 29.8 Å². The molecular formula is C14H15N5O. The van der Waals surface area contributed by atoms with Crippen molar-refractivity contribution >= 4 is 5.95 Å². The molecule has 102 valence electrons. The van der Waals surface area contributed by atoms with Crippen LogP contribution in [0.4, 0.5) is 5.95 Å². The van der Waals surface area contributed by atoms with Crippen molar-refractivity contribution < 1.29 is 4.74 Å². The SMILES string of the molecule is CNc1nc(OC(C)C)nc(-c2cccc(C#N)c2)n1. The Hall–Kier alpha value is -2.68. The highest BCUT2D eigenvalue weighted by molar-refractivity contribution is 5.59. The summed E-state index contributed by atoms with van der Waals surface area (Å²) in [5.41, 5.74) is 1.30. The highest BCUT2D eigenvalue weighted by Gasteiger charge is 2.10. The van der Waals surface area contributed by atoms with Gasteiger partial charge in [-0.05, 0) is 26.0 Å². The molecule has 0 unspecified atom stereocenters. The van der Waals surface area contributed by atoms with E-state index in [1.54, 1.807) is 25.2 Å². The summed E-state index contributed by atoms with van der Waals surface area (Å²) in [6.07, 6.45) is -0.0274. The van der Waals surface area contributed by atoms with Crippen LogP contribution >= 0.6 is 0 Å². The number of benzene rings is 1. The number of rotatable bonds is 4. The minimum atomic E-state index is -0.0274. The van der Waals surface area contributed by atoms with Gasteiger partial charge in [0.05, 0.1) is 17.7 Å². The number of hydrogen-bond donors (Lipinski definition) is 1. The fraction of sp³-hybridized carbons (Fsp3) is 0.286. The average Bonchev–Trinajstić information content (AvgIpc) is 2.46. The first kappa shape index (κ1) is 13.7. The van der Waals surface area contributed by atoms with Crippen LogP contribution in [0.3, 0.4) is 0 Å². The van der Waals surface area contributed by atoms with Crippen LogP contribution in [0.1, 0.15) is 19.4 Å². The van der Waals surface area contributed by atoms with Crippen molar-refractivity contribution in [3.8, 4) is 23.5 Å². The molecule has 20 heavy (non-hydrogen) atoms. The summed E-state index contributed by atoms with van der Waals surface area (Å²) >= 11 is 0. The molecule has 0 atom stereocenters. The van der Waals surface area contributed by atoms with Crippen LogP contribution in [-0.2, 0) is 0 Å². The van der Waals surface area contributed by atoms with Crippen LogP contribution in [-0.4, -0.2) is 28.1 Å². The molecule has 2 aromatic rings. The van der Waals surface area contributed by atoms with Crippen molar-refractivity contribution in [1.82, 2.24) is 15.0 Å². The highest BCUT2D eigenvalue weighted by Crippen LogP contribution is 2.20. The Morgan fingerprint density at radius 1 is 1.25 bits per heavy atom. The number of nitriles is 1. The molecule has 0 spiro atoms. The second kappa shape index (κ2) is 5.97. The van der Waals surface area contributed by atoms with Gasteiger partial charge in [-0.15, -0.1) is 0 Å². The van der Waals surface area contributed by atoms with Crippen molar-refractivity contribution in [1.29, 1.82) is 5.26 Å². The van der Waals surface area contributed by atoms with Gasteiger partial charge in [-0.25, -0.2) is 0 Å². The van der Waals surface area contributed by atoms with Gasteiger partial charge < -0.3 is 10.1 Å². The van der Waals surface area contributed by atoms with Gasteiger partial charge in [0.25, 0.3) is 0 Å². The summed E-state index contributed by atoms with van der Waals surface area (Å²) in [5, 5.41) is 11.8. The fourth-order valence-corrected chi connectivity index (χ4v) is 1.59. The van der Waals surface area contributed by atoms with Gasteiger partial charge in [-0.2, -0.15) is 20.2 Å². The predicted octanol–water partition coefficient (Wildman–Crippen LogP) is 2.24. The normalized spacial score (nSPS) is 10.2. The van der Waals surface area contributed by atoms with Crippen molar-refractivity contribution in [2.45, 2.75) is 20.0 Å². The number of ether oxygens (including phenoxy) is 1. The lowest BCUT2D eigenvalue weighted by Gasteiger charge is -2.10. The molecule has 1 aromatic carbocycles. The molecule has 0 fully saturated rings. The summed E-state index contributed by atoms with van der Waals surface area (Å²) in [6.45, 7) is 3.80. The van der Waals surface area contributed by atoms with Crippen LogP contribution in [0.5, 0.6) is 6.01 Å². The third kappa shape index (κ3) is 3.20. The predicted molar refractivity (Wildman–Crippen MR) is 75.3 cm³/mol. The molecule has 0 saturated heterocycles. The molecule has 1 N–H and O–H groups in total. The van der Waals surface area contributed by atoms with Crippen LogP contribution in [0.25, 0.3) is 11.4 Å². The van der Waals surface area contributed by atoms with Gasteiger partial charge in [-0.3, -0.25) is 0 Å². The molecule has 0 amide bonds. The van der Waals surface area contributed by atoms with Crippen LogP contribution in [0.15, 0.2) is 24.3 Å². The monoisotopic (exact) mass is 269 g/mol. The third-order valence-corrected chi connectivity index (χ3v) is 2.43. The van der Waals surface area contributed by atoms with E-state index in [9.17, 15) is 0 Å². The van der Waals surface area contributed by atoms with E-state index in [0.29, 0.717) is 17.3 Å². The summed E-state index contributed by atoms with van der Waals surface area (Å²) in [5.74, 6) is 0.894. The number of anilines is 1. The first-order chi connectivity index (χ1) is 9.62. The molecule has 1 aromatic heterocycles. The summed E-state index contributed by atoms with van der Waals surface area (Å²) in [6, 6.07) is 9.45. The molecule has 0 aliphatic rings. The first-order valence-corrected chi connectivity index (χ1v) is 6.23. The lowest BCUT2D eigenvalue weighted by Crippen LogP contribution is -2.11. The number of aromatic nitrogens is 3.